The van der Waals surface area contributed by atoms with Crippen molar-refractivity contribution in [2.45, 2.75) is 26.3 Å². The van der Waals surface area contributed by atoms with E-state index in [0.29, 0.717) is 18.8 Å². The molecule has 0 aliphatic carbocycles. The Morgan fingerprint density at radius 1 is 1.25 bits per heavy atom. The molecule has 1 aromatic carbocycles. The number of carbonyl (C=O) groups is 1. The normalized spacial score (nSPS) is 10.0. The second-order valence-electron chi connectivity index (χ2n) is 5.37. The molecule has 1 heterocycles. The number of amides is 1. The average molecular weight is 323 g/mol. The van der Waals surface area contributed by atoms with Gasteiger partial charge in [0.15, 0.2) is 6.61 Å². The number of rotatable bonds is 8. The highest BCUT2D eigenvalue weighted by Gasteiger charge is 2.14. The average Bonchev–Trinajstić information content (AvgIpc) is 2.64. The van der Waals surface area contributed by atoms with Crippen LogP contribution in [0.3, 0.4) is 0 Å². The molecule has 5 nitrogen and oxygen atoms in total. The first-order valence-corrected chi connectivity index (χ1v) is 7.98. The van der Waals surface area contributed by atoms with Gasteiger partial charge < -0.3 is 9.64 Å². The minimum absolute atomic E-state index is 0.0445. The van der Waals surface area contributed by atoms with E-state index < -0.39 is 0 Å². The summed E-state index contributed by atoms with van der Waals surface area (Å²) < 4.78 is 5.58. The first-order chi connectivity index (χ1) is 11.7. The maximum Gasteiger partial charge on any atom is 0.260 e. The summed E-state index contributed by atoms with van der Waals surface area (Å²) in [7, 11) is 0. The molecular formula is C19H21N3O2. The van der Waals surface area contributed by atoms with Crippen molar-refractivity contribution in [3.8, 4) is 11.8 Å². The summed E-state index contributed by atoms with van der Waals surface area (Å²) in [6, 6.07) is 13.5. The van der Waals surface area contributed by atoms with Gasteiger partial charge in [0, 0.05) is 25.5 Å². The Hall–Kier alpha value is -2.87. The van der Waals surface area contributed by atoms with E-state index in [-0.39, 0.29) is 18.9 Å². The SMILES string of the molecule is CCc1ccc(OCC(=O)N(CCC#N)Cc2cccnc2)cc1. The molecule has 0 radical (unpaired) electrons. The summed E-state index contributed by atoms with van der Waals surface area (Å²) in [4.78, 5) is 18.1. The van der Waals surface area contributed by atoms with Gasteiger partial charge in [-0.1, -0.05) is 25.1 Å². The molecule has 0 aliphatic rings. The molecule has 2 rings (SSSR count). The van der Waals surface area contributed by atoms with Crippen molar-refractivity contribution in [2.24, 2.45) is 0 Å². The Kier molecular flexibility index (Phi) is 6.78. The fourth-order valence-corrected chi connectivity index (χ4v) is 2.25. The monoisotopic (exact) mass is 323 g/mol. The van der Waals surface area contributed by atoms with Crippen LogP contribution in [0.2, 0.25) is 0 Å². The van der Waals surface area contributed by atoms with Crippen LogP contribution in [-0.2, 0) is 17.8 Å². The van der Waals surface area contributed by atoms with Gasteiger partial charge >= 0.3 is 0 Å². The molecule has 0 unspecified atom stereocenters. The maximum atomic E-state index is 12.4. The largest absolute Gasteiger partial charge is 0.484 e. The zero-order valence-electron chi connectivity index (χ0n) is 13.8. The molecule has 2 aromatic rings. The molecule has 124 valence electrons. The Bertz CT molecular complexity index is 678. The molecule has 0 fully saturated rings. The zero-order valence-corrected chi connectivity index (χ0v) is 13.8. The molecule has 0 spiro atoms. The van der Waals surface area contributed by atoms with Crippen LogP contribution in [0.1, 0.15) is 24.5 Å². The Labute approximate surface area is 142 Å². The van der Waals surface area contributed by atoms with Crippen molar-refractivity contribution >= 4 is 5.91 Å². The van der Waals surface area contributed by atoms with Gasteiger partial charge in [0.25, 0.3) is 5.91 Å². The van der Waals surface area contributed by atoms with Crippen LogP contribution in [0.5, 0.6) is 5.75 Å². The summed E-state index contributed by atoms with van der Waals surface area (Å²) in [5.74, 6) is 0.524. The van der Waals surface area contributed by atoms with Gasteiger partial charge in [-0.3, -0.25) is 9.78 Å². The minimum atomic E-state index is -0.145. The lowest BCUT2D eigenvalue weighted by atomic mass is 10.2. The lowest BCUT2D eigenvalue weighted by Gasteiger charge is -2.21. The van der Waals surface area contributed by atoms with Crippen molar-refractivity contribution in [1.29, 1.82) is 5.26 Å². The van der Waals surface area contributed by atoms with Crippen molar-refractivity contribution in [2.75, 3.05) is 13.2 Å². The molecule has 0 saturated heterocycles. The predicted octanol–water partition coefficient (Wildman–Crippen LogP) is 2.97. The minimum Gasteiger partial charge on any atom is -0.484 e. The number of ether oxygens (including phenoxy) is 1. The number of aryl methyl sites for hydroxylation is 1. The van der Waals surface area contributed by atoms with Gasteiger partial charge in [-0.05, 0) is 35.7 Å². The molecule has 24 heavy (non-hydrogen) atoms. The third kappa shape index (κ3) is 5.40. The van der Waals surface area contributed by atoms with Gasteiger partial charge in [-0.2, -0.15) is 5.26 Å². The third-order valence-electron chi connectivity index (χ3n) is 3.64. The van der Waals surface area contributed by atoms with E-state index in [4.69, 9.17) is 10.00 Å². The van der Waals surface area contributed by atoms with E-state index in [0.717, 1.165) is 12.0 Å². The molecule has 1 aromatic heterocycles. The number of nitriles is 1. The highest BCUT2D eigenvalue weighted by Crippen LogP contribution is 2.13. The van der Waals surface area contributed by atoms with Crippen LogP contribution in [0.15, 0.2) is 48.8 Å². The fourth-order valence-electron chi connectivity index (χ4n) is 2.25. The molecule has 0 aliphatic heterocycles. The van der Waals surface area contributed by atoms with Crippen LogP contribution in [0, 0.1) is 11.3 Å². The van der Waals surface area contributed by atoms with E-state index in [9.17, 15) is 4.79 Å². The van der Waals surface area contributed by atoms with Crippen molar-refractivity contribution in [3.05, 3.63) is 59.9 Å². The van der Waals surface area contributed by atoms with E-state index >= 15 is 0 Å². The molecular weight excluding hydrogens is 302 g/mol. The molecule has 0 atom stereocenters. The molecule has 0 bridgehead atoms. The number of hydrogen-bond acceptors (Lipinski definition) is 4. The summed E-state index contributed by atoms with van der Waals surface area (Å²) >= 11 is 0. The number of nitrogens with zero attached hydrogens (tertiary/aromatic N) is 3. The highest BCUT2D eigenvalue weighted by atomic mass is 16.5. The number of benzene rings is 1. The quantitative estimate of drug-likeness (QED) is 0.749. The van der Waals surface area contributed by atoms with Crippen molar-refractivity contribution in [1.82, 2.24) is 9.88 Å². The summed E-state index contributed by atoms with van der Waals surface area (Å²) in [6.07, 6.45) is 4.66. The first kappa shape index (κ1) is 17.5. The molecule has 0 saturated carbocycles. The fraction of sp³-hybridized carbons (Fsp3) is 0.316. The summed E-state index contributed by atoms with van der Waals surface area (Å²) in [6.45, 7) is 2.84. The lowest BCUT2D eigenvalue weighted by molar-refractivity contribution is -0.133. The van der Waals surface area contributed by atoms with Gasteiger partial charge in [-0.25, -0.2) is 0 Å². The molecule has 0 N–H and O–H groups in total. The number of pyridine rings is 1. The highest BCUT2D eigenvalue weighted by molar-refractivity contribution is 5.77. The van der Waals surface area contributed by atoms with Crippen LogP contribution in [-0.4, -0.2) is 28.9 Å². The topological polar surface area (TPSA) is 66.2 Å². The third-order valence-corrected chi connectivity index (χ3v) is 3.64. The Morgan fingerprint density at radius 2 is 2.04 bits per heavy atom. The lowest BCUT2D eigenvalue weighted by Crippen LogP contribution is -2.35. The van der Waals surface area contributed by atoms with Gasteiger partial charge in [0.2, 0.25) is 0 Å². The summed E-state index contributed by atoms with van der Waals surface area (Å²) in [5, 5.41) is 8.79. The maximum absolute atomic E-state index is 12.4. The van der Waals surface area contributed by atoms with Crippen LogP contribution >= 0.6 is 0 Å². The zero-order chi connectivity index (χ0) is 17.2. The number of carbonyl (C=O) groups excluding carboxylic acids is 1. The van der Waals surface area contributed by atoms with E-state index in [1.165, 1.54) is 5.56 Å². The molecule has 5 heteroatoms. The van der Waals surface area contributed by atoms with E-state index in [1.54, 1.807) is 17.3 Å². The van der Waals surface area contributed by atoms with Crippen LogP contribution < -0.4 is 4.74 Å². The van der Waals surface area contributed by atoms with Gasteiger partial charge in [-0.15, -0.1) is 0 Å². The smallest absolute Gasteiger partial charge is 0.260 e. The summed E-state index contributed by atoms with van der Waals surface area (Å²) in [5.41, 5.74) is 2.15. The Morgan fingerprint density at radius 3 is 2.67 bits per heavy atom. The second kappa shape index (κ2) is 9.31. The van der Waals surface area contributed by atoms with E-state index in [1.807, 2.05) is 36.4 Å². The van der Waals surface area contributed by atoms with Gasteiger partial charge in [0.1, 0.15) is 5.75 Å². The van der Waals surface area contributed by atoms with E-state index in [2.05, 4.69) is 18.0 Å². The molecule has 1 amide bonds. The number of hydrogen-bond donors (Lipinski definition) is 0. The second-order valence-corrected chi connectivity index (χ2v) is 5.37. The van der Waals surface area contributed by atoms with Crippen LogP contribution in [0.4, 0.5) is 0 Å². The number of aromatic nitrogens is 1. The van der Waals surface area contributed by atoms with Crippen LogP contribution in [0.25, 0.3) is 0 Å². The Balaban J connectivity index is 1.94. The standard InChI is InChI=1S/C19H21N3O2/c1-2-16-6-8-18(9-7-16)24-15-19(23)22(12-4-10-20)14-17-5-3-11-21-13-17/h3,5-9,11,13H,2,4,12,14-15H2,1H3. The predicted molar refractivity (Wildman–Crippen MR) is 91.2 cm³/mol. The van der Waals surface area contributed by atoms with Gasteiger partial charge in [0.05, 0.1) is 12.5 Å². The van der Waals surface area contributed by atoms with Crippen molar-refractivity contribution in [3.63, 3.8) is 0 Å². The van der Waals surface area contributed by atoms with Crippen molar-refractivity contribution < 1.29 is 9.53 Å². The first-order valence-electron chi connectivity index (χ1n) is 7.98.